The van der Waals surface area contributed by atoms with E-state index in [9.17, 15) is 14.4 Å². The Bertz CT molecular complexity index is 943. The number of ether oxygens (including phenoxy) is 4. The summed E-state index contributed by atoms with van der Waals surface area (Å²) in [5.41, 5.74) is 0.376. The standard InChI is InChI=1S/C20H21N3O7S/c1-11(24)27-16-9-31-20(19(29-13(3)26)18(16)28-12(2)25)30-15-5-4-6-23-17(15)14-7-21-10-22-8-14/h4-8,10,16,18-20H,9H2,1-3H3/t16-,18+,19-,20+/m1/s1. The summed E-state index contributed by atoms with van der Waals surface area (Å²) in [5.74, 6) is -1.07. The minimum Gasteiger partial charge on any atom is -0.473 e. The largest absolute Gasteiger partial charge is 0.473 e. The summed E-state index contributed by atoms with van der Waals surface area (Å²) in [5, 5.41) is 0. The maximum absolute atomic E-state index is 11.8. The Kier molecular flexibility index (Phi) is 7.40. The van der Waals surface area contributed by atoms with Gasteiger partial charge in [-0.15, -0.1) is 11.8 Å². The molecule has 0 saturated carbocycles. The topological polar surface area (TPSA) is 127 Å². The van der Waals surface area contributed by atoms with Crippen LogP contribution in [0.3, 0.4) is 0 Å². The van der Waals surface area contributed by atoms with E-state index in [2.05, 4.69) is 15.0 Å². The van der Waals surface area contributed by atoms with Crippen LogP contribution in [0, 0.1) is 0 Å². The summed E-state index contributed by atoms with van der Waals surface area (Å²) in [7, 11) is 0. The van der Waals surface area contributed by atoms with Gasteiger partial charge in [-0.1, -0.05) is 0 Å². The zero-order valence-corrected chi connectivity index (χ0v) is 17.9. The number of esters is 3. The highest BCUT2D eigenvalue weighted by Crippen LogP contribution is 2.36. The summed E-state index contributed by atoms with van der Waals surface area (Å²) in [4.78, 5) is 47.4. The van der Waals surface area contributed by atoms with Gasteiger partial charge in [0.1, 0.15) is 17.8 Å². The quantitative estimate of drug-likeness (QED) is 0.475. The zero-order valence-electron chi connectivity index (χ0n) is 17.1. The third-order valence-corrected chi connectivity index (χ3v) is 5.37. The van der Waals surface area contributed by atoms with Crippen molar-refractivity contribution in [2.24, 2.45) is 0 Å². The molecule has 2 aromatic rings. The van der Waals surface area contributed by atoms with E-state index in [0.29, 0.717) is 17.0 Å². The monoisotopic (exact) mass is 447 g/mol. The van der Waals surface area contributed by atoms with Gasteiger partial charge >= 0.3 is 17.9 Å². The molecular formula is C20H21N3O7S. The Balaban J connectivity index is 1.92. The van der Waals surface area contributed by atoms with Crippen molar-refractivity contribution in [1.82, 2.24) is 15.0 Å². The molecule has 1 aliphatic rings. The molecule has 1 saturated heterocycles. The smallest absolute Gasteiger partial charge is 0.303 e. The predicted octanol–water partition coefficient (Wildman–Crippen LogP) is 1.79. The van der Waals surface area contributed by atoms with Crippen LogP contribution in [0.1, 0.15) is 20.8 Å². The number of rotatable bonds is 6. The number of pyridine rings is 1. The first kappa shape index (κ1) is 22.5. The first-order valence-corrected chi connectivity index (χ1v) is 10.4. The Morgan fingerprint density at radius 3 is 2.26 bits per heavy atom. The van der Waals surface area contributed by atoms with Gasteiger partial charge in [-0.2, -0.15) is 0 Å². The minimum atomic E-state index is -1.03. The summed E-state index contributed by atoms with van der Waals surface area (Å²) in [6.07, 6.45) is 3.34. The van der Waals surface area contributed by atoms with Crippen LogP contribution < -0.4 is 4.74 Å². The van der Waals surface area contributed by atoms with E-state index in [4.69, 9.17) is 18.9 Å². The molecule has 1 fully saturated rings. The average molecular weight is 447 g/mol. The van der Waals surface area contributed by atoms with Crippen molar-refractivity contribution in [1.29, 1.82) is 0 Å². The summed E-state index contributed by atoms with van der Waals surface area (Å²) in [6.45, 7) is 3.71. The van der Waals surface area contributed by atoms with Crippen molar-refractivity contribution in [2.75, 3.05) is 5.75 Å². The van der Waals surface area contributed by atoms with E-state index in [1.807, 2.05) is 0 Å². The van der Waals surface area contributed by atoms with Crippen LogP contribution in [0.4, 0.5) is 0 Å². The van der Waals surface area contributed by atoms with Crippen LogP contribution in [0.15, 0.2) is 37.1 Å². The second-order valence-corrected chi connectivity index (χ2v) is 7.72. The lowest BCUT2D eigenvalue weighted by Gasteiger charge is -2.40. The number of nitrogens with zero attached hydrogens (tertiary/aromatic N) is 3. The molecule has 0 radical (unpaired) electrons. The Labute approximate surface area is 182 Å². The molecule has 11 heteroatoms. The number of carbonyl (C=O) groups is 3. The van der Waals surface area contributed by atoms with Crippen LogP contribution in [0.25, 0.3) is 11.3 Å². The van der Waals surface area contributed by atoms with Gasteiger partial charge in [0.05, 0.1) is 0 Å². The molecule has 1 aliphatic heterocycles. The second kappa shape index (κ2) is 10.2. The highest BCUT2D eigenvalue weighted by molar-refractivity contribution is 7.99. The number of aromatic nitrogens is 3. The summed E-state index contributed by atoms with van der Waals surface area (Å²) >= 11 is 1.27. The van der Waals surface area contributed by atoms with Crippen molar-refractivity contribution >= 4 is 29.7 Å². The second-order valence-electron chi connectivity index (χ2n) is 6.59. The molecule has 0 aromatic carbocycles. The van der Waals surface area contributed by atoms with Gasteiger partial charge in [0.25, 0.3) is 0 Å². The van der Waals surface area contributed by atoms with Gasteiger partial charge in [-0.25, -0.2) is 9.97 Å². The fraction of sp³-hybridized carbons (Fsp3) is 0.400. The van der Waals surface area contributed by atoms with Gasteiger partial charge < -0.3 is 18.9 Å². The van der Waals surface area contributed by atoms with E-state index in [0.717, 1.165) is 0 Å². The van der Waals surface area contributed by atoms with Crippen molar-refractivity contribution in [3.05, 3.63) is 37.1 Å². The maximum Gasteiger partial charge on any atom is 0.303 e. The number of thioether (sulfide) groups is 1. The van der Waals surface area contributed by atoms with E-state index in [1.165, 1.54) is 38.9 Å². The molecule has 0 aliphatic carbocycles. The van der Waals surface area contributed by atoms with Crippen molar-refractivity contribution < 1.29 is 33.3 Å². The lowest BCUT2D eigenvalue weighted by Crippen LogP contribution is -2.55. The van der Waals surface area contributed by atoms with E-state index in [-0.39, 0.29) is 5.75 Å². The van der Waals surface area contributed by atoms with E-state index >= 15 is 0 Å². The number of carbonyl (C=O) groups excluding carboxylic acids is 3. The third kappa shape index (κ3) is 5.91. The van der Waals surface area contributed by atoms with Crippen LogP contribution in [0.2, 0.25) is 0 Å². The molecule has 0 spiro atoms. The van der Waals surface area contributed by atoms with Gasteiger partial charge in [-0.05, 0) is 12.1 Å². The SMILES string of the molecule is CC(=O)O[C@@H]1[C@@H](OC(C)=O)[C@@H](Oc2cccnc2-c2cncnc2)SC[C@H]1OC(C)=O. The molecule has 0 unspecified atom stereocenters. The van der Waals surface area contributed by atoms with E-state index < -0.39 is 41.7 Å². The lowest BCUT2D eigenvalue weighted by atomic mass is 10.1. The Hall–Kier alpha value is -3.21. The first-order chi connectivity index (χ1) is 14.8. The van der Waals surface area contributed by atoms with Crippen LogP contribution in [-0.4, -0.2) is 62.4 Å². The molecule has 0 amide bonds. The molecular weight excluding hydrogens is 426 g/mol. The van der Waals surface area contributed by atoms with Crippen LogP contribution in [0.5, 0.6) is 5.75 Å². The molecule has 10 nitrogen and oxygen atoms in total. The maximum atomic E-state index is 11.8. The molecule has 0 bridgehead atoms. The Morgan fingerprint density at radius 2 is 1.61 bits per heavy atom. The fourth-order valence-electron chi connectivity index (χ4n) is 3.06. The molecule has 2 aromatic heterocycles. The van der Waals surface area contributed by atoms with Gasteiger partial charge in [0.2, 0.25) is 0 Å². The fourth-order valence-corrected chi connectivity index (χ4v) is 4.27. The third-order valence-electron chi connectivity index (χ3n) is 4.15. The van der Waals surface area contributed by atoms with E-state index in [1.54, 1.807) is 30.7 Å². The van der Waals surface area contributed by atoms with Crippen LogP contribution in [-0.2, 0) is 28.6 Å². The summed E-state index contributed by atoms with van der Waals surface area (Å²) < 4.78 is 22.3. The van der Waals surface area contributed by atoms with Crippen molar-refractivity contribution in [2.45, 2.75) is 44.5 Å². The average Bonchev–Trinajstić information content (AvgIpc) is 2.72. The normalized spacial score (nSPS) is 22.8. The molecule has 4 atom stereocenters. The zero-order chi connectivity index (χ0) is 22.4. The molecule has 3 rings (SSSR count). The van der Waals surface area contributed by atoms with Crippen LogP contribution >= 0.6 is 11.8 Å². The van der Waals surface area contributed by atoms with Crippen molar-refractivity contribution in [3.63, 3.8) is 0 Å². The lowest BCUT2D eigenvalue weighted by molar-refractivity contribution is -0.186. The number of hydrogen-bond donors (Lipinski definition) is 0. The molecule has 164 valence electrons. The van der Waals surface area contributed by atoms with Gasteiger partial charge in [0.15, 0.2) is 23.7 Å². The Morgan fingerprint density at radius 1 is 0.968 bits per heavy atom. The minimum absolute atomic E-state index is 0.268. The highest BCUT2D eigenvalue weighted by Gasteiger charge is 2.47. The van der Waals surface area contributed by atoms with Crippen molar-refractivity contribution in [3.8, 4) is 17.0 Å². The predicted molar refractivity (Wildman–Crippen MR) is 109 cm³/mol. The molecule has 31 heavy (non-hydrogen) atoms. The van der Waals surface area contributed by atoms with Gasteiger partial charge in [-0.3, -0.25) is 19.4 Å². The van der Waals surface area contributed by atoms with Gasteiger partial charge in [0, 0.05) is 50.7 Å². The number of hydrogen-bond acceptors (Lipinski definition) is 11. The highest BCUT2D eigenvalue weighted by atomic mass is 32.2. The summed E-state index contributed by atoms with van der Waals surface area (Å²) in [6, 6.07) is 3.40. The molecule has 0 N–H and O–H groups in total. The first-order valence-electron chi connectivity index (χ1n) is 9.35. The molecule has 3 heterocycles.